The van der Waals surface area contributed by atoms with Gasteiger partial charge in [-0.3, -0.25) is 4.79 Å². The summed E-state index contributed by atoms with van der Waals surface area (Å²) >= 11 is 0. The van der Waals surface area contributed by atoms with Gasteiger partial charge in [-0.1, -0.05) is 13.8 Å². The first-order valence-electron chi connectivity index (χ1n) is 6.77. The summed E-state index contributed by atoms with van der Waals surface area (Å²) in [6.45, 7) is 6.59. The van der Waals surface area contributed by atoms with Crippen molar-refractivity contribution in [1.29, 1.82) is 0 Å². The molecule has 3 N–H and O–H groups in total. The highest BCUT2D eigenvalue weighted by atomic mass is 35.5. The van der Waals surface area contributed by atoms with Crippen molar-refractivity contribution >= 4 is 18.3 Å². The Hall–Kier alpha value is -1.33. The van der Waals surface area contributed by atoms with Crippen LogP contribution in [0.15, 0.2) is 24.3 Å². The number of amides is 1. The van der Waals surface area contributed by atoms with Crippen molar-refractivity contribution in [2.75, 3.05) is 13.2 Å². The lowest BCUT2D eigenvalue weighted by molar-refractivity contribution is -0.123. The number of ether oxygens (including phenoxy) is 1. The van der Waals surface area contributed by atoms with Gasteiger partial charge >= 0.3 is 0 Å². The highest BCUT2D eigenvalue weighted by molar-refractivity contribution is 5.85. The lowest BCUT2D eigenvalue weighted by atomic mass is 9.88. The molecule has 0 aliphatic carbocycles. The van der Waals surface area contributed by atoms with Crippen molar-refractivity contribution in [1.82, 2.24) is 5.32 Å². The van der Waals surface area contributed by atoms with E-state index in [0.29, 0.717) is 12.3 Å². The molecule has 0 spiro atoms. The van der Waals surface area contributed by atoms with E-state index in [9.17, 15) is 9.18 Å². The molecular weight excluding hydrogens is 295 g/mol. The van der Waals surface area contributed by atoms with Crippen LogP contribution in [0.3, 0.4) is 0 Å². The van der Waals surface area contributed by atoms with Gasteiger partial charge in [-0.05, 0) is 37.1 Å². The van der Waals surface area contributed by atoms with Crippen molar-refractivity contribution in [2.45, 2.75) is 32.7 Å². The van der Waals surface area contributed by atoms with E-state index < -0.39 is 5.54 Å². The minimum atomic E-state index is -0.410. The molecule has 0 aromatic heterocycles. The molecule has 0 saturated carbocycles. The number of nitrogens with two attached hydrogens (primary N) is 1. The van der Waals surface area contributed by atoms with Crippen molar-refractivity contribution in [3.63, 3.8) is 0 Å². The van der Waals surface area contributed by atoms with Gasteiger partial charge in [0.15, 0.2) is 0 Å². The second-order valence-electron chi connectivity index (χ2n) is 5.38. The molecule has 1 aromatic rings. The standard InChI is InChI=1S/C15H23FN2O2.ClH/c1-11(2)15(3,10-17)18-14(19)8-9-20-13-6-4-12(16)5-7-13;/h4-7,11H,8-10,17H2,1-3H3,(H,18,19);1H. The third kappa shape index (κ3) is 6.31. The van der Waals surface area contributed by atoms with Gasteiger partial charge in [0, 0.05) is 6.54 Å². The lowest BCUT2D eigenvalue weighted by Crippen LogP contribution is -2.55. The Balaban J connectivity index is 0.00000400. The monoisotopic (exact) mass is 318 g/mol. The number of halogens is 2. The first-order valence-corrected chi connectivity index (χ1v) is 6.77. The van der Waals surface area contributed by atoms with E-state index >= 15 is 0 Å². The van der Waals surface area contributed by atoms with E-state index in [1.165, 1.54) is 24.3 Å². The predicted octanol–water partition coefficient (Wildman–Crippen LogP) is 2.51. The van der Waals surface area contributed by atoms with Gasteiger partial charge in [-0.25, -0.2) is 4.39 Å². The molecule has 0 aliphatic rings. The maximum Gasteiger partial charge on any atom is 0.223 e. The fourth-order valence-electron chi connectivity index (χ4n) is 1.60. The second-order valence-corrected chi connectivity index (χ2v) is 5.38. The van der Waals surface area contributed by atoms with Crippen LogP contribution in [0.2, 0.25) is 0 Å². The summed E-state index contributed by atoms with van der Waals surface area (Å²) in [6.07, 6.45) is 0.236. The highest BCUT2D eigenvalue weighted by Gasteiger charge is 2.28. The quantitative estimate of drug-likeness (QED) is 0.812. The number of benzene rings is 1. The van der Waals surface area contributed by atoms with Crippen molar-refractivity contribution < 1.29 is 13.9 Å². The third-order valence-electron chi connectivity index (χ3n) is 3.53. The summed E-state index contributed by atoms with van der Waals surface area (Å²) in [5, 5.41) is 2.93. The molecule has 0 saturated heterocycles. The number of carbonyl (C=O) groups excluding carboxylic acids is 1. The molecule has 0 radical (unpaired) electrons. The maximum absolute atomic E-state index is 12.7. The van der Waals surface area contributed by atoms with Gasteiger partial charge in [0.2, 0.25) is 5.91 Å². The average Bonchev–Trinajstić information content (AvgIpc) is 2.40. The molecule has 1 amide bonds. The van der Waals surface area contributed by atoms with Crippen LogP contribution in [0.25, 0.3) is 0 Å². The topological polar surface area (TPSA) is 64.3 Å². The Morgan fingerprint density at radius 3 is 2.43 bits per heavy atom. The van der Waals surface area contributed by atoms with E-state index in [1.807, 2.05) is 20.8 Å². The van der Waals surface area contributed by atoms with E-state index in [2.05, 4.69) is 5.32 Å². The molecule has 0 bridgehead atoms. The normalized spacial score (nSPS) is 13.2. The molecule has 120 valence electrons. The van der Waals surface area contributed by atoms with Gasteiger partial charge in [0.1, 0.15) is 11.6 Å². The Kier molecular flexibility index (Phi) is 8.29. The largest absolute Gasteiger partial charge is 0.493 e. The van der Waals surface area contributed by atoms with Crippen molar-refractivity contribution in [2.24, 2.45) is 11.7 Å². The van der Waals surface area contributed by atoms with Gasteiger partial charge in [-0.2, -0.15) is 0 Å². The number of nitrogens with one attached hydrogen (secondary N) is 1. The van der Waals surface area contributed by atoms with Crippen molar-refractivity contribution in [3.8, 4) is 5.75 Å². The van der Waals surface area contributed by atoms with Crippen LogP contribution >= 0.6 is 12.4 Å². The van der Waals surface area contributed by atoms with Gasteiger partial charge in [0.25, 0.3) is 0 Å². The molecule has 1 atom stereocenters. The highest BCUT2D eigenvalue weighted by Crippen LogP contribution is 2.15. The molecule has 0 heterocycles. The summed E-state index contributed by atoms with van der Waals surface area (Å²) in [4.78, 5) is 11.9. The van der Waals surface area contributed by atoms with Crippen LogP contribution in [-0.4, -0.2) is 24.6 Å². The predicted molar refractivity (Wildman–Crippen MR) is 84.2 cm³/mol. The molecular formula is C15H24ClFN2O2. The van der Waals surface area contributed by atoms with Gasteiger partial charge < -0.3 is 15.8 Å². The summed E-state index contributed by atoms with van der Waals surface area (Å²) in [7, 11) is 0. The average molecular weight is 319 g/mol. The van der Waals surface area contributed by atoms with Crippen LogP contribution in [0.1, 0.15) is 27.2 Å². The van der Waals surface area contributed by atoms with Crippen LogP contribution in [0.5, 0.6) is 5.75 Å². The Bertz CT molecular complexity index is 440. The fraction of sp³-hybridized carbons (Fsp3) is 0.533. The number of rotatable bonds is 7. The Labute approximate surface area is 131 Å². The minimum Gasteiger partial charge on any atom is -0.493 e. The lowest BCUT2D eigenvalue weighted by Gasteiger charge is -2.33. The zero-order chi connectivity index (χ0) is 15.2. The van der Waals surface area contributed by atoms with Crippen molar-refractivity contribution in [3.05, 3.63) is 30.1 Å². The molecule has 1 rings (SSSR count). The zero-order valence-corrected chi connectivity index (χ0v) is 13.5. The Morgan fingerprint density at radius 1 is 1.38 bits per heavy atom. The smallest absolute Gasteiger partial charge is 0.223 e. The number of carbonyl (C=O) groups is 1. The summed E-state index contributed by atoms with van der Waals surface area (Å²) < 4.78 is 18.1. The minimum absolute atomic E-state index is 0. The summed E-state index contributed by atoms with van der Waals surface area (Å²) in [5.41, 5.74) is 5.30. The van der Waals surface area contributed by atoms with E-state index in [4.69, 9.17) is 10.5 Å². The fourth-order valence-corrected chi connectivity index (χ4v) is 1.60. The SMILES string of the molecule is CC(C)C(C)(CN)NC(=O)CCOc1ccc(F)cc1.Cl. The van der Waals surface area contributed by atoms with E-state index in [1.54, 1.807) is 0 Å². The van der Waals surface area contributed by atoms with Crippen LogP contribution in [-0.2, 0) is 4.79 Å². The van der Waals surface area contributed by atoms with E-state index in [-0.39, 0.29) is 43.1 Å². The molecule has 0 fully saturated rings. The molecule has 21 heavy (non-hydrogen) atoms. The third-order valence-corrected chi connectivity index (χ3v) is 3.53. The molecule has 1 aromatic carbocycles. The number of hydrogen-bond acceptors (Lipinski definition) is 3. The maximum atomic E-state index is 12.7. The van der Waals surface area contributed by atoms with E-state index in [0.717, 1.165) is 0 Å². The van der Waals surface area contributed by atoms with Gasteiger partial charge in [-0.15, -0.1) is 12.4 Å². The first-order chi connectivity index (χ1) is 9.37. The zero-order valence-electron chi connectivity index (χ0n) is 12.7. The Morgan fingerprint density at radius 2 is 1.95 bits per heavy atom. The molecule has 1 unspecified atom stereocenters. The molecule has 6 heteroatoms. The van der Waals surface area contributed by atoms with Gasteiger partial charge in [0.05, 0.1) is 18.6 Å². The van der Waals surface area contributed by atoms with Crippen LogP contribution in [0.4, 0.5) is 4.39 Å². The van der Waals surface area contributed by atoms with Crippen LogP contribution < -0.4 is 15.8 Å². The second kappa shape index (κ2) is 8.85. The molecule has 0 aliphatic heterocycles. The summed E-state index contributed by atoms with van der Waals surface area (Å²) in [6, 6.07) is 5.70. The van der Waals surface area contributed by atoms with Crippen LogP contribution in [0, 0.1) is 11.7 Å². The number of hydrogen-bond donors (Lipinski definition) is 2. The molecule has 4 nitrogen and oxygen atoms in total. The summed E-state index contributed by atoms with van der Waals surface area (Å²) in [5.74, 6) is 0.374. The first kappa shape index (κ1) is 19.7.